The zero-order chi connectivity index (χ0) is 34.9. The van der Waals surface area contributed by atoms with Gasteiger partial charge in [-0.1, -0.05) is 37.6 Å². The van der Waals surface area contributed by atoms with Gasteiger partial charge in [0.2, 0.25) is 5.91 Å². The molecule has 0 saturated heterocycles. The fraction of sp³-hybridized carbons (Fsp3) is 0.548. The Labute approximate surface area is 261 Å². The van der Waals surface area contributed by atoms with Gasteiger partial charge in [-0.25, -0.2) is 17.2 Å². The van der Waals surface area contributed by atoms with Crippen LogP contribution in [0.5, 0.6) is 0 Å². The average Bonchev–Trinajstić information content (AvgIpc) is 2.97. The molecule has 0 heterocycles. The second-order valence-electron chi connectivity index (χ2n) is 11.7. The molecule has 3 rings (SSSR count). The van der Waals surface area contributed by atoms with Crippen LogP contribution < -0.4 is 0 Å². The first-order valence-electron chi connectivity index (χ1n) is 14.6. The van der Waals surface area contributed by atoms with Crippen LogP contribution in [0.25, 0.3) is 0 Å². The van der Waals surface area contributed by atoms with Gasteiger partial charge in [-0.3, -0.25) is 9.59 Å². The van der Waals surface area contributed by atoms with E-state index in [9.17, 15) is 58.2 Å². The summed E-state index contributed by atoms with van der Waals surface area (Å²) in [4.78, 5) is 26.4. The predicted molar refractivity (Wildman–Crippen MR) is 152 cm³/mol. The first-order chi connectivity index (χ1) is 21.2. The summed E-state index contributed by atoms with van der Waals surface area (Å²) in [5.41, 5.74) is -8.97. The number of alkyl halides is 7. The number of nitrogens with zero attached hydrogens (tertiary/aromatic N) is 1. The molecular weight excluding hydrogens is 650 g/mol. The fourth-order valence-corrected chi connectivity index (χ4v) is 7.93. The highest BCUT2D eigenvalue weighted by Crippen LogP contribution is 2.53. The summed E-state index contributed by atoms with van der Waals surface area (Å²) in [6.07, 6.45) is -11.0. The van der Waals surface area contributed by atoms with E-state index in [1.807, 2.05) is 6.92 Å². The number of likely N-dealkylation sites (N-methyl/N-ethyl adjacent to an activating group) is 1. The summed E-state index contributed by atoms with van der Waals surface area (Å²) in [6.45, 7) is 4.03. The van der Waals surface area contributed by atoms with E-state index in [0.29, 0.717) is 25.0 Å². The van der Waals surface area contributed by atoms with Crippen molar-refractivity contribution < 1.29 is 58.2 Å². The number of carboxylic acid groups (broad SMARTS) is 1. The van der Waals surface area contributed by atoms with E-state index >= 15 is 0 Å². The van der Waals surface area contributed by atoms with Crippen molar-refractivity contribution in [3.05, 3.63) is 65.0 Å². The SMILES string of the molecule is CCCC1(C(=O)N(CC)CC(c2ccc(C(F)(C(F)(F)F)C(F)(F)F)cc2)S(=O)(=O)c2ccc(F)c(C)c2)CCC(C(=O)O)CC1. The lowest BCUT2D eigenvalue weighted by atomic mass is 9.67. The molecule has 0 aliphatic heterocycles. The minimum atomic E-state index is -6.39. The van der Waals surface area contributed by atoms with Crippen LogP contribution in [0.3, 0.4) is 0 Å². The van der Waals surface area contributed by atoms with Gasteiger partial charge in [0.15, 0.2) is 9.84 Å². The van der Waals surface area contributed by atoms with E-state index in [0.717, 1.165) is 18.2 Å². The number of benzene rings is 2. The summed E-state index contributed by atoms with van der Waals surface area (Å²) in [6, 6.07) is 4.53. The lowest BCUT2D eigenvalue weighted by Crippen LogP contribution is -2.50. The monoisotopic (exact) mass is 685 g/mol. The number of hydrogen-bond donors (Lipinski definition) is 1. The van der Waals surface area contributed by atoms with Gasteiger partial charge in [-0.05, 0) is 75.3 Å². The Bertz CT molecular complexity index is 1500. The van der Waals surface area contributed by atoms with E-state index in [4.69, 9.17) is 0 Å². The number of halogens is 8. The number of aryl methyl sites for hydroxylation is 1. The van der Waals surface area contributed by atoms with Gasteiger partial charge in [-0.2, -0.15) is 26.3 Å². The quantitative estimate of drug-likeness (QED) is 0.192. The minimum absolute atomic E-state index is 0.0467. The highest BCUT2D eigenvalue weighted by molar-refractivity contribution is 7.91. The number of aliphatic carboxylic acids is 1. The van der Waals surface area contributed by atoms with Crippen LogP contribution in [0.1, 0.15) is 74.3 Å². The summed E-state index contributed by atoms with van der Waals surface area (Å²) >= 11 is 0. The van der Waals surface area contributed by atoms with Gasteiger partial charge in [0.05, 0.1) is 10.8 Å². The number of rotatable bonds is 11. The number of hydrogen-bond acceptors (Lipinski definition) is 4. The fourth-order valence-electron chi connectivity index (χ4n) is 6.11. The first kappa shape index (κ1) is 37.2. The molecule has 2 aromatic carbocycles. The summed E-state index contributed by atoms with van der Waals surface area (Å²) in [7, 11) is -4.60. The number of carboxylic acids is 1. The van der Waals surface area contributed by atoms with Gasteiger partial charge < -0.3 is 10.0 Å². The van der Waals surface area contributed by atoms with Crippen LogP contribution in [0, 0.1) is 24.1 Å². The summed E-state index contributed by atoms with van der Waals surface area (Å²) in [5, 5.41) is 7.67. The number of carbonyl (C=O) groups excluding carboxylic acids is 1. The van der Waals surface area contributed by atoms with Crippen molar-refractivity contribution in [3.8, 4) is 0 Å². The molecule has 1 N–H and O–H groups in total. The molecule has 1 amide bonds. The predicted octanol–water partition coefficient (Wildman–Crippen LogP) is 7.85. The molecule has 1 saturated carbocycles. The Morgan fingerprint density at radius 3 is 1.93 bits per heavy atom. The van der Waals surface area contributed by atoms with Crippen LogP contribution in [0.15, 0.2) is 47.4 Å². The van der Waals surface area contributed by atoms with Crippen LogP contribution in [0.2, 0.25) is 0 Å². The van der Waals surface area contributed by atoms with E-state index in [1.165, 1.54) is 11.8 Å². The topological polar surface area (TPSA) is 91.8 Å². The maximum Gasteiger partial charge on any atom is 0.435 e. The molecule has 46 heavy (non-hydrogen) atoms. The Morgan fingerprint density at radius 1 is 0.957 bits per heavy atom. The second-order valence-corrected chi connectivity index (χ2v) is 13.8. The standard InChI is InChI=1S/C31H35F8NO5S/c1-4-14-28(15-12-21(13-16-28)26(41)42)27(43)40(5-2)18-25(46(44,45)23-10-11-24(32)19(3)17-23)20-6-8-22(9-7-20)29(33,30(34,35)36)31(37,38)39/h6-11,17,21,25H,4-5,12-16,18H2,1-3H3,(H,41,42). The maximum absolute atomic E-state index is 14.7. The molecule has 256 valence electrons. The third-order valence-electron chi connectivity index (χ3n) is 8.82. The van der Waals surface area contributed by atoms with Gasteiger partial charge in [0, 0.05) is 24.1 Å². The molecule has 1 aliphatic rings. The van der Waals surface area contributed by atoms with Crippen molar-refractivity contribution in [1.82, 2.24) is 4.90 Å². The average molecular weight is 686 g/mol. The molecule has 1 unspecified atom stereocenters. The molecular formula is C31H35F8NO5S. The van der Waals surface area contributed by atoms with E-state index in [-0.39, 0.29) is 55.5 Å². The number of sulfone groups is 1. The highest BCUT2D eigenvalue weighted by atomic mass is 32.2. The Morgan fingerprint density at radius 2 is 1.50 bits per heavy atom. The van der Waals surface area contributed by atoms with E-state index in [2.05, 4.69) is 0 Å². The number of amides is 1. The molecule has 6 nitrogen and oxygen atoms in total. The zero-order valence-corrected chi connectivity index (χ0v) is 26.1. The third kappa shape index (κ3) is 7.03. The van der Waals surface area contributed by atoms with Crippen LogP contribution in [0.4, 0.5) is 35.1 Å². The maximum atomic E-state index is 14.7. The van der Waals surface area contributed by atoms with Crippen molar-refractivity contribution in [1.29, 1.82) is 0 Å². The summed E-state index contributed by atoms with van der Waals surface area (Å²) in [5.74, 6) is -2.85. The zero-order valence-electron chi connectivity index (χ0n) is 25.3. The van der Waals surface area contributed by atoms with Gasteiger partial charge >= 0.3 is 24.0 Å². The van der Waals surface area contributed by atoms with Crippen molar-refractivity contribution in [2.24, 2.45) is 11.3 Å². The minimum Gasteiger partial charge on any atom is -0.481 e. The normalized spacial score (nSPS) is 20.3. The Hall–Kier alpha value is -3.23. The molecule has 0 bridgehead atoms. The van der Waals surface area contributed by atoms with E-state index in [1.54, 1.807) is 6.92 Å². The van der Waals surface area contributed by atoms with Crippen LogP contribution in [-0.2, 0) is 25.1 Å². The molecule has 2 aromatic rings. The van der Waals surface area contributed by atoms with Gasteiger partial charge in [0.1, 0.15) is 11.1 Å². The highest BCUT2D eigenvalue weighted by Gasteiger charge is 2.73. The molecule has 1 atom stereocenters. The molecule has 0 spiro atoms. The molecule has 15 heteroatoms. The van der Waals surface area contributed by atoms with Crippen molar-refractivity contribution in [2.45, 2.75) is 87.5 Å². The van der Waals surface area contributed by atoms with Gasteiger partial charge in [0.25, 0.3) is 0 Å². The Balaban J connectivity index is 2.13. The smallest absolute Gasteiger partial charge is 0.435 e. The molecule has 1 fully saturated rings. The van der Waals surface area contributed by atoms with Crippen LogP contribution >= 0.6 is 0 Å². The van der Waals surface area contributed by atoms with Gasteiger partial charge in [-0.15, -0.1) is 0 Å². The van der Waals surface area contributed by atoms with Crippen LogP contribution in [-0.4, -0.2) is 55.7 Å². The lowest BCUT2D eigenvalue weighted by molar-refractivity contribution is -0.348. The molecule has 0 radical (unpaired) electrons. The summed E-state index contributed by atoms with van der Waals surface area (Å²) < 4.78 is 137. The lowest BCUT2D eigenvalue weighted by Gasteiger charge is -2.42. The Kier molecular flexibility index (Phi) is 10.9. The first-order valence-corrected chi connectivity index (χ1v) is 16.2. The second kappa shape index (κ2) is 13.5. The molecule has 0 aromatic heterocycles. The third-order valence-corrected chi connectivity index (χ3v) is 10.9. The number of carbonyl (C=O) groups is 2. The molecule has 1 aliphatic carbocycles. The largest absolute Gasteiger partial charge is 0.481 e. The van der Waals surface area contributed by atoms with Crippen molar-refractivity contribution >= 4 is 21.7 Å². The van der Waals surface area contributed by atoms with Crippen molar-refractivity contribution in [2.75, 3.05) is 13.1 Å². The van der Waals surface area contributed by atoms with Crippen molar-refractivity contribution in [3.63, 3.8) is 0 Å². The van der Waals surface area contributed by atoms with E-state index < -0.39 is 79.1 Å².